The van der Waals surface area contributed by atoms with E-state index in [9.17, 15) is 0 Å². The van der Waals surface area contributed by atoms with Crippen LogP contribution in [0.4, 0.5) is 0 Å². The van der Waals surface area contributed by atoms with E-state index in [1.807, 2.05) is 0 Å². The van der Waals surface area contributed by atoms with Gasteiger partial charge in [0.2, 0.25) is 0 Å². The number of nitrogens with one attached hydrogen (secondary N) is 1. The first-order chi connectivity index (χ1) is 10.3. The first-order valence-corrected chi connectivity index (χ1v) is 7.69. The molecule has 1 aliphatic heterocycles. The molecule has 0 aliphatic carbocycles. The minimum absolute atomic E-state index is 0.524. The van der Waals surface area contributed by atoms with Gasteiger partial charge in [-0.15, -0.1) is 0 Å². The molecule has 1 saturated heterocycles. The van der Waals surface area contributed by atoms with E-state index in [0.717, 1.165) is 45.8 Å². The monoisotopic (exact) mass is 290 g/mol. The summed E-state index contributed by atoms with van der Waals surface area (Å²) in [5, 5.41) is 3.09. The summed E-state index contributed by atoms with van der Waals surface area (Å²) < 4.78 is 5.38. The van der Waals surface area contributed by atoms with Gasteiger partial charge in [-0.25, -0.2) is 4.99 Å². The second-order valence-electron chi connectivity index (χ2n) is 5.34. The van der Waals surface area contributed by atoms with Crippen LogP contribution in [0.5, 0.6) is 0 Å². The fourth-order valence-corrected chi connectivity index (χ4v) is 2.33. The number of nitrogens with two attached hydrogens (primary N) is 1. The van der Waals surface area contributed by atoms with E-state index in [2.05, 4.69) is 46.4 Å². The zero-order chi connectivity index (χ0) is 14.9. The highest BCUT2D eigenvalue weighted by Crippen LogP contribution is 2.10. The average Bonchev–Trinajstić information content (AvgIpc) is 2.52. The number of nitrogens with zero attached hydrogens (tertiary/aromatic N) is 2. The van der Waals surface area contributed by atoms with Gasteiger partial charge in [-0.1, -0.05) is 31.2 Å². The molecule has 0 aromatic heterocycles. The highest BCUT2D eigenvalue weighted by atomic mass is 16.5. The number of morpholine rings is 1. The lowest BCUT2D eigenvalue weighted by molar-refractivity contribution is 0.0342. The van der Waals surface area contributed by atoms with Crippen LogP contribution in [-0.2, 0) is 17.8 Å². The summed E-state index contributed by atoms with van der Waals surface area (Å²) in [6.07, 6.45) is 1.05. The van der Waals surface area contributed by atoms with Crippen LogP contribution in [0.15, 0.2) is 29.3 Å². The van der Waals surface area contributed by atoms with Crippen molar-refractivity contribution in [2.75, 3.05) is 32.8 Å². The van der Waals surface area contributed by atoms with Crippen molar-refractivity contribution in [2.45, 2.75) is 26.4 Å². The maximum absolute atomic E-state index is 5.81. The predicted molar refractivity (Wildman–Crippen MR) is 86.2 cm³/mol. The van der Waals surface area contributed by atoms with Crippen molar-refractivity contribution in [3.63, 3.8) is 0 Å². The third-order valence-electron chi connectivity index (χ3n) is 3.49. The zero-order valence-electron chi connectivity index (χ0n) is 12.8. The van der Waals surface area contributed by atoms with Gasteiger partial charge in [0.25, 0.3) is 0 Å². The summed E-state index contributed by atoms with van der Waals surface area (Å²) in [6.45, 7) is 8.27. The smallest absolute Gasteiger partial charge is 0.188 e. The summed E-state index contributed by atoms with van der Waals surface area (Å²) in [6, 6.07) is 8.57. The van der Waals surface area contributed by atoms with Crippen molar-refractivity contribution in [2.24, 2.45) is 10.7 Å². The summed E-state index contributed by atoms with van der Waals surface area (Å²) in [5.41, 5.74) is 8.33. The molecule has 1 heterocycles. The Morgan fingerprint density at radius 2 is 2.10 bits per heavy atom. The summed E-state index contributed by atoms with van der Waals surface area (Å²) in [4.78, 5) is 6.79. The molecule has 116 valence electrons. The first-order valence-electron chi connectivity index (χ1n) is 7.69. The van der Waals surface area contributed by atoms with E-state index in [1.54, 1.807) is 0 Å². The molecule has 3 N–H and O–H groups in total. The molecule has 2 rings (SSSR count). The molecule has 0 atom stereocenters. The van der Waals surface area contributed by atoms with Gasteiger partial charge in [-0.3, -0.25) is 4.90 Å². The van der Waals surface area contributed by atoms with Crippen LogP contribution < -0.4 is 11.1 Å². The van der Waals surface area contributed by atoms with Crippen LogP contribution in [-0.4, -0.2) is 43.7 Å². The van der Waals surface area contributed by atoms with Crippen molar-refractivity contribution in [3.8, 4) is 0 Å². The van der Waals surface area contributed by atoms with E-state index in [-0.39, 0.29) is 0 Å². The molecule has 0 bridgehead atoms. The molecule has 0 amide bonds. The Kier molecular flexibility index (Phi) is 6.50. The molecule has 21 heavy (non-hydrogen) atoms. The Balaban J connectivity index is 1.87. The molecule has 5 heteroatoms. The molecule has 0 radical (unpaired) electrons. The highest BCUT2D eigenvalue weighted by molar-refractivity contribution is 5.77. The number of hydrogen-bond donors (Lipinski definition) is 2. The number of ether oxygens (including phenoxy) is 1. The molecule has 0 saturated carbocycles. The third-order valence-corrected chi connectivity index (χ3v) is 3.49. The van der Waals surface area contributed by atoms with Gasteiger partial charge in [-0.2, -0.15) is 0 Å². The van der Waals surface area contributed by atoms with Crippen molar-refractivity contribution in [1.82, 2.24) is 10.2 Å². The number of hydrogen-bond acceptors (Lipinski definition) is 3. The molecule has 1 aromatic carbocycles. The van der Waals surface area contributed by atoms with Crippen LogP contribution in [0.3, 0.4) is 0 Å². The van der Waals surface area contributed by atoms with Crippen molar-refractivity contribution in [3.05, 3.63) is 35.4 Å². The zero-order valence-corrected chi connectivity index (χ0v) is 12.8. The first kappa shape index (κ1) is 15.8. The minimum Gasteiger partial charge on any atom is -0.379 e. The quantitative estimate of drug-likeness (QED) is 0.613. The Hall–Kier alpha value is -1.59. The van der Waals surface area contributed by atoms with E-state index < -0.39 is 0 Å². The Morgan fingerprint density at radius 3 is 2.86 bits per heavy atom. The maximum atomic E-state index is 5.81. The maximum Gasteiger partial charge on any atom is 0.188 e. The Bertz CT molecular complexity index is 455. The average molecular weight is 290 g/mol. The van der Waals surface area contributed by atoms with E-state index in [1.165, 1.54) is 11.1 Å². The van der Waals surface area contributed by atoms with E-state index in [0.29, 0.717) is 12.5 Å². The standard InChI is InChI=1S/C16H26N4O/c1-2-6-18-16(17)19-12-14-4-3-5-15(11-14)13-20-7-9-21-10-8-20/h3-5,11H,2,6-10,12-13H2,1H3,(H3,17,18,19). The lowest BCUT2D eigenvalue weighted by Gasteiger charge is -2.26. The molecule has 0 unspecified atom stereocenters. The third kappa shape index (κ3) is 5.73. The van der Waals surface area contributed by atoms with Crippen LogP contribution in [0.2, 0.25) is 0 Å². The fourth-order valence-electron chi connectivity index (χ4n) is 2.33. The fraction of sp³-hybridized carbons (Fsp3) is 0.562. The second-order valence-corrected chi connectivity index (χ2v) is 5.34. The van der Waals surface area contributed by atoms with Gasteiger partial charge in [0, 0.05) is 26.2 Å². The Labute approximate surface area is 127 Å². The Morgan fingerprint density at radius 1 is 1.33 bits per heavy atom. The van der Waals surface area contributed by atoms with Gasteiger partial charge in [0.1, 0.15) is 0 Å². The molecule has 1 aliphatic rings. The van der Waals surface area contributed by atoms with Crippen molar-refractivity contribution in [1.29, 1.82) is 0 Å². The SMILES string of the molecule is CCCNC(N)=NCc1cccc(CN2CCOCC2)c1. The molecule has 5 nitrogen and oxygen atoms in total. The summed E-state index contributed by atoms with van der Waals surface area (Å²) in [5.74, 6) is 0.524. The van der Waals surface area contributed by atoms with Gasteiger partial charge in [0.05, 0.1) is 19.8 Å². The summed E-state index contributed by atoms with van der Waals surface area (Å²) >= 11 is 0. The van der Waals surface area contributed by atoms with Crippen LogP contribution in [0.25, 0.3) is 0 Å². The van der Waals surface area contributed by atoms with Crippen LogP contribution >= 0.6 is 0 Å². The number of aliphatic imine (C=N–C) groups is 1. The molecule has 1 aromatic rings. The van der Waals surface area contributed by atoms with Gasteiger partial charge >= 0.3 is 0 Å². The summed E-state index contributed by atoms with van der Waals surface area (Å²) in [7, 11) is 0. The van der Waals surface area contributed by atoms with E-state index in [4.69, 9.17) is 10.5 Å². The predicted octanol–water partition coefficient (Wildman–Crippen LogP) is 1.33. The van der Waals surface area contributed by atoms with Crippen LogP contribution in [0.1, 0.15) is 24.5 Å². The molecular weight excluding hydrogens is 264 g/mol. The number of benzene rings is 1. The number of rotatable bonds is 6. The molecular formula is C16H26N4O. The van der Waals surface area contributed by atoms with E-state index >= 15 is 0 Å². The normalized spacial score (nSPS) is 16.9. The minimum atomic E-state index is 0.524. The lowest BCUT2D eigenvalue weighted by Crippen LogP contribution is -2.35. The van der Waals surface area contributed by atoms with Crippen molar-refractivity contribution >= 4 is 5.96 Å². The highest BCUT2D eigenvalue weighted by Gasteiger charge is 2.10. The van der Waals surface area contributed by atoms with Gasteiger partial charge in [0.15, 0.2) is 5.96 Å². The molecule has 1 fully saturated rings. The molecule has 0 spiro atoms. The van der Waals surface area contributed by atoms with Crippen molar-refractivity contribution < 1.29 is 4.74 Å². The van der Waals surface area contributed by atoms with Gasteiger partial charge in [-0.05, 0) is 17.5 Å². The largest absolute Gasteiger partial charge is 0.379 e. The lowest BCUT2D eigenvalue weighted by atomic mass is 10.1. The topological polar surface area (TPSA) is 62.9 Å². The van der Waals surface area contributed by atoms with Crippen LogP contribution in [0, 0.1) is 0 Å². The second kappa shape index (κ2) is 8.64. The number of guanidine groups is 1. The van der Waals surface area contributed by atoms with Gasteiger partial charge < -0.3 is 15.8 Å².